The molecule has 1 heterocycles. The van der Waals surface area contributed by atoms with Gasteiger partial charge in [-0.05, 0) is 73.8 Å². The van der Waals surface area contributed by atoms with Gasteiger partial charge >= 0.3 is 5.97 Å². The number of carboxylic acid groups (broad SMARTS) is 1. The van der Waals surface area contributed by atoms with Crippen LogP contribution in [0, 0.1) is 25.7 Å². The number of aliphatic carboxylic acids is 1. The summed E-state index contributed by atoms with van der Waals surface area (Å²) in [6, 6.07) is 4.43. The number of rotatable bonds is 1. The number of aromatic nitrogens is 1. The third kappa shape index (κ3) is 1.43. The van der Waals surface area contributed by atoms with Crippen LogP contribution in [0.15, 0.2) is 12.1 Å². The van der Waals surface area contributed by atoms with Gasteiger partial charge in [0.15, 0.2) is 0 Å². The van der Waals surface area contributed by atoms with E-state index in [0.717, 1.165) is 19.3 Å². The highest BCUT2D eigenvalue weighted by Crippen LogP contribution is 2.52. The molecule has 2 aliphatic rings. The fourth-order valence-electron chi connectivity index (χ4n) is 4.39. The zero-order valence-electron chi connectivity index (χ0n) is 11.9. The molecule has 0 saturated heterocycles. The van der Waals surface area contributed by atoms with Gasteiger partial charge in [0.1, 0.15) is 0 Å². The maximum atomic E-state index is 11.6. The van der Waals surface area contributed by atoms with E-state index >= 15 is 0 Å². The van der Waals surface area contributed by atoms with Crippen LogP contribution in [0.4, 0.5) is 0 Å². The minimum Gasteiger partial charge on any atom is -0.481 e. The number of carbonyl (C=O) groups is 1. The number of aromatic amines is 1. The van der Waals surface area contributed by atoms with Crippen LogP contribution in [-0.2, 0) is 11.2 Å². The lowest BCUT2D eigenvalue weighted by Crippen LogP contribution is -2.29. The molecule has 104 valence electrons. The fourth-order valence-corrected chi connectivity index (χ4v) is 4.39. The maximum Gasteiger partial charge on any atom is 0.307 e. The summed E-state index contributed by atoms with van der Waals surface area (Å²) in [6.07, 6.45) is 2.97. The summed E-state index contributed by atoms with van der Waals surface area (Å²) in [5, 5.41) is 10.8. The normalized spacial score (nSPS) is 27.8. The molecule has 2 aliphatic carbocycles. The molecule has 1 aromatic heterocycles. The molecule has 4 rings (SSSR count). The molecular weight excluding hydrogens is 250 g/mol. The summed E-state index contributed by atoms with van der Waals surface area (Å²) in [4.78, 5) is 15.1. The quantitative estimate of drug-likeness (QED) is 0.832. The van der Waals surface area contributed by atoms with Crippen LogP contribution in [0.5, 0.6) is 0 Å². The van der Waals surface area contributed by atoms with Gasteiger partial charge < -0.3 is 10.1 Å². The highest BCUT2D eigenvalue weighted by molar-refractivity contribution is 5.88. The van der Waals surface area contributed by atoms with E-state index in [-0.39, 0.29) is 11.8 Å². The van der Waals surface area contributed by atoms with Gasteiger partial charge in [-0.15, -0.1) is 0 Å². The Bertz CT molecular complexity index is 728. The standard InChI is InChI=1S/C17H19NO2/c1-8-5-12-13(6-9(8)2)18-14-7-10-3-4-11(16(12)14)15(10)17(19)20/h5-6,10-11,15,18H,3-4,7H2,1-2H3,(H,19,20). The number of carboxylic acids is 1. The van der Waals surface area contributed by atoms with E-state index in [1.54, 1.807) is 0 Å². The molecule has 1 aromatic carbocycles. The second kappa shape index (κ2) is 3.87. The van der Waals surface area contributed by atoms with Crippen LogP contribution in [0.25, 0.3) is 10.9 Å². The van der Waals surface area contributed by atoms with Crippen LogP contribution < -0.4 is 0 Å². The first-order valence-corrected chi connectivity index (χ1v) is 7.40. The Balaban J connectivity index is 1.96. The Morgan fingerprint density at radius 1 is 1.25 bits per heavy atom. The van der Waals surface area contributed by atoms with E-state index < -0.39 is 5.97 Å². The molecule has 1 saturated carbocycles. The number of fused-ring (bicyclic) bond motifs is 6. The van der Waals surface area contributed by atoms with Crippen molar-refractivity contribution < 1.29 is 9.90 Å². The van der Waals surface area contributed by atoms with E-state index in [1.807, 2.05) is 0 Å². The minimum atomic E-state index is -0.610. The van der Waals surface area contributed by atoms with Crippen molar-refractivity contribution >= 4 is 16.9 Å². The number of nitrogens with one attached hydrogen (secondary N) is 1. The first-order chi connectivity index (χ1) is 9.56. The number of benzene rings is 1. The number of hydrogen-bond donors (Lipinski definition) is 2. The summed E-state index contributed by atoms with van der Waals surface area (Å²) >= 11 is 0. The number of H-pyrrole nitrogens is 1. The molecule has 0 spiro atoms. The van der Waals surface area contributed by atoms with Crippen LogP contribution in [-0.4, -0.2) is 16.1 Å². The molecule has 3 atom stereocenters. The number of aryl methyl sites for hydroxylation is 2. The molecule has 1 fully saturated rings. The van der Waals surface area contributed by atoms with Gasteiger partial charge in [0.05, 0.1) is 5.92 Å². The predicted molar refractivity (Wildman–Crippen MR) is 78.1 cm³/mol. The van der Waals surface area contributed by atoms with Gasteiger partial charge in [0, 0.05) is 16.6 Å². The topological polar surface area (TPSA) is 53.1 Å². The SMILES string of the molecule is Cc1cc2[nH]c3c(c2cc1C)C1CCC(C3)C1C(=O)O. The lowest BCUT2D eigenvalue weighted by Gasteiger charge is -2.27. The lowest BCUT2D eigenvalue weighted by atomic mass is 9.76. The first kappa shape index (κ1) is 12.0. The van der Waals surface area contributed by atoms with Crippen molar-refractivity contribution in [1.29, 1.82) is 0 Å². The fraction of sp³-hybridized carbons (Fsp3) is 0.471. The summed E-state index contributed by atoms with van der Waals surface area (Å²) in [5.74, 6) is -0.262. The Labute approximate surface area is 118 Å². The summed E-state index contributed by atoms with van der Waals surface area (Å²) in [5.41, 5.74) is 6.33. The summed E-state index contributed by atoms with van der Waals surface area (Å²) < 4.78 is 0. The second-order valence-corrected chi connectivity index (χ2v) is 6.51. The van der Waals surface area contributed by atoms with Crippen molar-refractivity contribution in [3.63, 3.8) is 0 Å². The molecule has 3 heteroatoms. The molecule has 3 unspecified atom stereocenters. The van der Waals surface area contributed by atoms with Crippen molar-refractivity contribution in [2.24, 2.45) is 11.8 Å². The van der Waals surface area contributed by atoms with Crippen LogP contribution in [0.2, 0.25) is 0 Å². The number of hydrogen-bond acceptors (Lipinski definition) is 1. The monoisotopic (exact) mass is 269 g/mol. The van der Waals surface area contributed by atoms with Crippen LogP contribution in [0.1, 0.15) is 41.1 Å². The smallest absolute Gasteiger partial charge is 0.307 e. The molecule has 20 heavy (non-hydrogen) atoms. The average molecular weight is 269 g/mol. The molecule has 2 bridgehead atoms. The third-order valence-electron chi connectivity index (χ3n) is 5.45. The van der Waals surface area contributed by atoms with Crippen molar-refractivity contribution in [3.05, 3.63) is 34.5 Å². The van der Waals surface area contributed by atoms with Gasteiger partial charge in [0.2, 0.25) is 0 Å². The summed E-state index contributed by atoms with van der Waals surface area (Å²) in [6.45, 7) is 4.25. The Morgan fingerprint density at radius 3 is 2.75 bits per heavy atom. The van der Waals surface area contributed by atoms with E-state index in [0.29, 0.717) is 5.92 Å². The van der Waals surface area contributed by atoms with Gasteiger partial charge in [-0.1, -0.05) is 0 Å². The van der Waals surface area contributed by atoms with Gasteiger partial charge in [0.25, 0.3) is 0 Å². The molecule has 2 aromatic rings. The van der Waals surface area contributed by atoms with E-state index in [9.17, 15) is 9.90 Å². The maximum absolute atomic E-state index is 11.6. The van der Waals surface area contributed by atoms with Crippen LogP contribution in [0.3, 0.4) is 0 Å². The zero-order valence-corrected chi connectivity index (χ0v) is 11.9. The lowest BCUT2D eigenvalue weighted by molar-refractivity contribution is -0.143. The van der Waals surface area contributed by atoms with E-state index in [2.05, 4.69) is 31.0 Å². The molecule has 2 N–H and O–H groups in total. The van der Waals surface area contributed by atoms with Gasteiger partial charge in [-0.25, -0.2) is 0 Å². The molecule has 0 aliphatic heterocycles. The first-order valence-electron chi connectivity index (χ1n) is 7.40. The third-order valence-corrected chi connectivity index (χ3v) is 5.45. The van der Waals surface area contributed by atoms with Crippen LogP contribution >= 0.6 is 0 Å². The van der Waals surface area contributed by atoms with Crippen molar-refractivity contribution in [1.82, 2.24) is 4.98 Å². The average Bonchev–Trinajstić information content (AvgIpc) is 2.88. The van der Waals surface area contributed by atoms with Crippen molar-refractivity contribution in [3.8, 4) is 0 Å². The highest BCUT2D eigenvalue weighted by Gasteiger charge is 2.47. The zero-order chi connectivity index (χ0) is 14.0. The molecule has 0 radical (unpaired) electrons. The van der Waals surface area contributed by atoms with Gasteiger partial charge in [-0.3, -0.25) is 4.79 Å². The van der Waals surface area contributed by atoms with Crippen molar-refractivity contribution in [2.75, 3.05) is 0 Å². The summed E-state index contributed by atoms with van der Waals surface area (Å²) in [7, 11) is 0. The Kier molecular flexibility index (Phi) is 2.33. The minimum absolute atomic E-state index is 0.178. The van der Waals surface area contributed by atoms with E-state index in [4.69, 9.17) is 0 Å². The van der Waals surface area contributed by atoms with E-state index in [1.165, 1.54) is 33.3 Å². The molecule has 0 amide bonds. The Morgan fingerprint density at radius 2 is 2.00 bits per heavy atom. The van der Waals surface area contributed by atoms with Gasteiger partial charge in [-0.2, -0.15) is 0 Å². The highest BCUT2D eigenvalue weighted by atomic mass is 16.4. The molecule has 3 nitrogen and oxygen atoms in total. The predicted octanol–water partition coefficient (Wildman–Crippen LogP) is 3.54. The molecular formula is C17H19NO2. The Hall–Kier alpha value is -1.77. The van der Waals surface area contributed by atoms with Crippen molar-refractivity contribution in [2.45, 2.75) is 39.0 Å². The second-order valence-electron chi connectivity index (χ2n) is 6.51. The largest absolute Gasteiger partial charge is 0.481 e.